The minimum Gasteiger partial charge on any atom is -0.352 e. The molecule has 1 saturated heterocycles. The fourth-order valence-electron chi connectivity index (χ4n) is 2.99. The minimum atomic E-state index is -0.171. The number of benzene rings is 1. The molecule has 1 amide bonds. The highest BCUT2D eigenvalue weighted by Gasteiger charge is 2.21. The maximum absolute atomic E-state index is 12.5. The van der Waals surface area contributed by atoms with E-state index in [-0.39, 0.29) is 5.91 Å². The number of carbonyl (C=O) groups is 1. The lowest BCUT2D eigenvalue weighted by molar-refractivity contribution is 0.0947. The molecule has 0 unspecified atom stereocenters. The molecular formula is C18H26N6O. The molecule has 7 heteroatoms. The van der Waals surface area contributed by atoms with Crippen molar-refractivity contribution in [3.8, 4) is 0 Å². The van der Waals surface area contributed by atoms with E-state index in [1.54, 1.807) is 0 Å². The Morgan fingerprint density at radius 1 is 1.12 bits per heavy atom. The molecule has 134 valence electrons. The fraction of sp³-hybridized carbons (Fsp3) is 0.500. The standard InChI is InChI=1S/C18H26N6O/c1-22(2)9-8-19-18(25)16-14-6-4-5-7-15(14)17(21-20-16)24-12-10-23(3)11-13-24/h4-7H,8-13H2,1-3H3,(H,19,25). The first-order valence-corrected chi connectivity index (χ1v) is 8.68. The lowest BCUT2D eigenvalue weighted by Crippen LogP contribution is -2.45. The van der Waals surface area contributed by atoms with Gasteiger partial charge in [-0.05, 0) is 21.1 Å². The number of aromatic nitrogens is 2. The molecule has 0 spiro atoms. The van der Waals surface area contributed by atoms with Crippen molar-refractivity contribution in [3.63, 3.8) is 0 Å². The van der Waals surface area contributed by atoms with Crippen molar-refractivity contribution in [2.75, 3.05) is 65.3 Å². The van der Waals surface area contributed by atoms with Gasteiger partial charge in [0, 0.05) is 50.0 Å². The molecule has 0 aliphatic carbocycles. The molecule has 1 aromatic heterocycles. The number of hydrogen-bond donors (Lipinski definition) is 1. The van der Waals surface area contributed by atoms with Crippen molar-refractivity contribution in [2.45, 2.75) is 0 Å². The van der Waals surface area contributed by atoms with E-state index < -0.39 is 0 Å². The molecule has 1 N–H and O–H groups in total. The third-order valence-corrected chi connectivity index (χ3v) is 4.53. The van der Waals surface area contributed by atoms with Crippen molar-refractivity contribution in [1.82, 2.24) is 25.3 Å². The molecule has 1 fully saturated rings. The first-order chi connectivity index (χ1) is 12.1. The number of nitrogens with zero attached hydrogens (tertiary/aromatic N) is 5. The number of hydrogen-bond acceptors (Lipinski definition) is 6. The van der Waals surface area contributed by atoms with Crippen LogP contribution in [0.5, 0.6) is 0 Å². The highest BCUT2D eigenvalue weighted by atomic mass is 16.1. The molecule has 0 saturated carbocycles. The first kappa shape index (κ1) is 17.6. The summed E-state index contributed by atoms with van der Waals surface area (Å²) in [6.45, 7) is 5.22. The average Bonchev–Trinajstić information content (AvgIpc) is 2.61. The van der Waals surface area contributed by atoms with Gasteiger partial charge in [0.2, 0.25) is 0 Å². The van der Waals surface area contributed by atoms with Gasteiger partial charge in [-0.3, -0.25) is 4.79 Å². The number of likely N-dealkylation sites (N-methyl/N-ethyl adjacent to an activating group) is 2. The molecule has 2 heterocycles. The first-order valence-electron chi connectivity index (χ1n) is 8.68. The van der Waals surface area contributed by atoms with E-state index >= 15 is 0 Å². The number of piperazine rings is 1. The maximum Gasteiger partial charge on any atom is 0.272 e. The zero-order valence-electron chi connectivity index (χ0n) is 15.2. The summed E-state index contributed by atoms with van der Waals surface area (Å²) >= 11 is 0. The molecule has 25 heavy (non-hydrogen) atoms. The molecule has 0 bridgehead atoms. The summed E-state index contributed by atoms with van der Waals surface area (Å²) in [6, 6.07) is 7.89. The van der Waals surface area contributed by atoms with Gasteiger partial charge in [-0.1, -0.05) is 24.3 Å². The average molecular weight is 342 g/mol. The van der Waals surface area contributed by atoms with E-state index in [0.717, 1.165) is 49.3 Å². The third kappa shape index (κ3) is 4.05. The maximum atomic E-state index is 12.5. The molecule has 0 radical (unpaired) electrons. The van der Waals surface area contributed by atoms with Crippen LogP contribution in [0, 0.1) is 0 Å². The van der Waals surface area contributed by atoms with Crippen LogP contribution in [0.3, 0.4) is 0 Å². The van der Waals surface area contributed by atoms with E-state index in [1.807, 2.05) is 43.3 Å². The quantitative estimate of drug-likeness (QED) is 0.862. The normalized spacial score (nSPS) is 15.8. The Labute approximate surface area is 148 Å². The third-order valence-electron chi connectivity index (χ3n) is 4.53. The van der Waals surface area contributed by atoms with Crippen molar-refractivity contribution in [2.24, 2.45) is 0 Å². The van der Waals surface area contributed by atoms with Gasteiger partial charge in [0.25, 0.3) is 5.91 Å². The molecule has 2 aromatic rings. The number of anilines is 1. The topological polar surface area (TPSA) is 64.6 Å². The van der Waals surface area contributed by atoms with Crippen LogP contribution in [0.15, 0.2) is 24.3 Å². The van der Waals surface area contributed by atoms with E-state index in [2.05, 4.69) is 32.4 Å². The SMILES string of the molecule is CN(C)CCNC(=O)c1nnc(N2CCN(C)CC2)c2ccccc12. The van der Waals surface area contributed by atoms with Gasteiger partial charge in [-0.15, -0.1) is 10.2 Å². The number of fused-ring (bicyclic) bond motifs is 1. The summed E-state index contributed by atoms with van der Waals surface area (Å²) in [4.78, 5) is 19.1. The molecule has 0 atom stereocenters. The van der Waals surface area contributed by atoms with Crippen LogP contribution in [0.2, 0.25) is 0 Å². The number of nitrogens with one attached hydrogen (secondary N) is 1. The second kappa shape index (κ2) is 7.76. The van der Waals surface area contributed by atoms with Crippen LogP contribution < -0.4 is 10.2 Å². The summed E-state index contributed by atoms with van der Waals surface area (Å²) in [5.41, 5.74) is 0.396. The van der Waals surface area contributed by atoms with E-state index in [1.165, 1.54) is 0 Å². The largest absolute Gasteiger partial charge is 0.352 e. The van der Waals surface area contributed by atoms with Crippen LogP contribution in [-0.4, -0.2) is 86.3 Å². The summed E-state index contributed by atoms with van der Waals surface area (Å²) in [5.74, 6) is 0.698. The predicted molar refractivity (Wildman–Crippen MR) is 100 cm³/mol. The van der Waals surface area contributed by atoms with Gasteiger partial charge in [0.05, 0.1) is 0 Å². The number of amides is 1. The fourth-order valence-corrected chi connectivity index (χ4v) is 2.99. The highest BCUT2D eigenvalue weighted by Crippen LogP contribution is 2.26. The number of carbonyl (C=O) groups excluding carboxylic acids is 1. The molecule has 1 aliphatic rings. The number of rotatable bonds is 5. The Balaban J connectivity index is 1.87. The molecule has 3 rings (SSSR count). The second-order valence-corrected chi connectivity index (χ2v) is 6.77. The van der Waals surface area contributed by atoms with Crippen molar-refractivity contribution in [1.29, 1.82) is 0 Å². The molecule has 7 nitrogen and oxygen atoms in total. The highest BCUT2D eigenvalue weighted by molar-refractivity contribution is 6.07. The van der Waals surface area contributed by atoms with Crippen LogP contribution in [0.4, 0.5) is 5.82 Å². The monoisotopic (exact) mass is 342 g/mol. The van der Waals surface area contributed by atoms with Crippen LogP contribution in [-0.2, 0) is 0 Å². The van der Waals surface area contributed by atoms with Crippen molar-refractivity contribution >= 4 is 22.5 Å². The van der Waals surface area contributed by atoms with E-state index in [0.29, 0.717) is 12.2 Å². The van der Waals surface area contributed by atoms with E-state index in [4.69, 9.17) is 0 Å². The van der Waals surface area contributed by atoms with Crippen LogP contribution in [0.1, 0.15) is 10.5 Å². The zero-order chi connectivity index (χ0) is 17.8. The van der Waals surface area contributed by atoms with Gasteiger partial charge < -0.3 is 20.0 Å². The van der Waals surface area contributed by atoms with Gasteiger partial charge in [0.15, 0.2) is 11.5 Å². The molecule has 1 aromatic carbocycles. The molecular weight excluding hydrogens is 316 g/mol. The summed E-state index contributed by atoms with van der Waals surface area (Å²) < 4.78 is 0. The minimum absolute atomic E-state index is 0.171. The van der Waals surface area contributed by atoms with Crippen LogP contribution >= 0.6 is 0 Å². The van der Waals surface area contributed by atoms with Gasteiger partial charge >= 0.3 is 0 Å². The van der Waals surface area contributed by atoms with Crippen LogP contribution in [0.25, 0.3) is 10.8 Å². The Kier molecular flexibility index (Phi) is 5.45. The van der Waals surface area contributed by atoms with Crippen molar-refractivity contribution < 1.29 is 4.79 Å². The Bertz CT molecular complexity index is 739. The summed E-state index contributed by atoms with van der Waals surface area (Å²) in [6.07, 6.45) is 0. The molecule has 1 aliphatic heterocycles. The van der Waals surface area contributed by atoms with Crippen molar-refractivity contribution in [3.05, 3.63) is 30.0 Å². The van der Waals surface area contributed by atoms with Gasteiger partial charge in [-0.2, -0.15) is 0 Å². The zero-order valence-corrected chi connectivity index (χ0v) is 15.2. The predicted octanol–water partition coefficient (Wildman–Crippen LogP) is 0.673. The summed E-state index contributed by atoms with van der Waals surface area (Å²) in [7, 11) is 6.08. The second-order valence-electron chi connectivity index (χ2n) is 6.77. The van der Waals surface area contributed by atoms with Gasteiger partial charge in [-0.25, -0.2) is 0 Å². The lowest BCUT2D eigenvalue weighted by Gasteiger charge is -2.33. The van der Waals surface area contributed by atoms with Gasteiger partial charge in [0.1, 0.15) is 0 Å². The Morgan fingerprint density at radius 3 is 2.48 bits per heavy atom. The Morgan fingerprint density at radius 2 is 1.80 bits per heavy atom. The lowest BCUT2D eigenvalue weighted by atomic mass is 10.1. The summed E-state index contributed by atoms with van der Waals surface area (Å²) in [5, 5.41) is 13.4. The van der Waals surface area contributed by atoms with E-state index in [9.17, 15) is 4.79 Å². The Hall–Kier alpha value is -2.25. The smallest absolute Gasteiger partial charge is 0.272 e.